The van der Waals surface area contributed by atoms with Crippen LogP contribution in [-0.4, -0.2) is 22.1 Å². The Morgan fingerprint density at radius 2 is 1.48 bits per heavy atom. The molecule has 0 radical (unpaired) electrons. The van der Waals surface area contributed by atoms with E-state index in [2.05, 4.69) is 77.7 Å². The van der Waals surface area contributed by atoms with Crippen molar-refractivity contribution in [2.24, 2.45) is 0 Å². The second-order valence-corrected chi connectivity index (χ2v) is 9.19. The van der Waals surface area contributed by atoms with Crippen molar-refractivity contribution in [3.63, 3.8) is 0 Å². The van der Waals surface area contributed by atoms with Crippen molar-refractivity contribution < 1.29 is 5.11 Å². The molecule has 0 saturated carbocycles. The Kier molecular flexibility index (Phi) is 3.94. The molecule has 2 nitrogen and oxygen atoms in total. The highest BCUT2D eigenvalue weighted by Gasteiger charge is 2.48. The Hall–Kier alpha value is -2.42. The first-order valence-electron chi connectivity index (χ1n) is 10.9. The normalized spacial score (nSPS) is 27.6. The second-order valence-electron chi connectivity index (χ2n) is 9.19. The first-order chi connectivity index (χ1) is 14.2. The lowest BCUT2D eigenvalue weighted by Gasteiger charge is -2.44. The van der Waals surface area contributed by atoms with Crippen molar-refractivity contribution in [2.45, 2.75) is 56.3 Å². The zero-order valence-electron chi connectivity index (χ0n) is 16.7. The van der Waals surface area contributed by atoms with Crippen LogP contribution in [0.5, 0.6) is 0 Å². The van der Waals surface area contributed by atoms with Crippen molar-refractivity contribution >= 4 is 0 Å². The molecule has 3 aromatic rings. The van der Waals surface area contributed by atoms with Crippen LogP contribution < -0.4 is 0 Å². The Morgan fingerprint density at radius 1 is 0.793 bits per heavy atom. The monoisotopic (exact) mass is 381 g/mol. The molecule has 1 N–H and O–H groups in total. The van der Waals surface area contributed by atoms with Gasteiger partial charge in [0.2, 0.25) is 0 Å². The fraction of sp³-hybridized carbons (Fsp3) is 0.333. The summed E-state index contributed by atoms with van der Waals surface area (Å²) >= 11 is 0. The van der Waals surface area contributed by atoms with Gasteiger partial charge in [0.25, 0.3) is 0 Å². The summed E-state index contributed by atoms with van der Waals surface area (Å²) in [6, 6.07) is 27.1. The van der Waals surface area contributed by atoms with E-state index in [9.17, 15) is 5.11 Å². The summed E-state index contributed by atoms with van der Waals surface area (Å²) in [5.74, 6) is 0. The number of piperidine rings is 1. The summed E-state index contributed by atoms with van der Waals surface area (Å²) in [6.45, 7) is 1.01. The average molecular weight is 382 g/mol. The molecule has 146 valence electrons. The van der Waals surface area contributed by atoms with Crippen LogP contribution in [-0.2, 0) is 18.6 Å². The van der Waals surface area contributed by atoms with Gasteiger partial charge >= 0.3 is 0 Å². The Morgan fingerprint density at radius 3 is 2.28 bits per heavy atom. The topological polar surface area (TPSA) is 23.5 Å². The molecule has 2 fully saturated rings. The van der Waals surface area contributed by atoms with E-state index in [-0.39, 0.29) is 0 Å². The summed E-state index contributed by atoms with van der Waals surface area (Å²) in [6.07, 6.45) is 5.10. The highest BCUT2D eigenvalue weighted by atomic mass is 16.3. The van der Waals surface area contributed by atoms with E-state index in [1.807, 2.05) is 0 Å². The SMILES string of the molecule is OC1(c2ccc3c(c2)Cc2ccccc2-3)CC2CCC(C1)N2Cc1ccccc1. The Bertz CT molecular complexity index is 1040. The number of aliphatic hydroxyl groups is 1. The maximum absolute atomic E-state index is 11.7. The predicted molar refractivity (Wildman–Crippen MR) is 117 cm³/mol. The number of hydrogen-bond acceptors (Lipinski definition) is 2. The molecule has 0 aromatic heterocycles. The molecule has 6 rings (SSSR count). The summed E-state index contributed by atoms with van der Waals surface area (Å²) in [5.41, 5.74) is 7.30. The van der Waals surface area contributed by atoms with E-state index in [0.29, 0.717) is 12.1 Å². The van der Waals surface area contributed by atoms with Crippen molar-refractivity contribution in [3.05, 3.63) is 95.1 Å². The third-order valence-electron chi connectivity index (χ3n) is 7.46. The number of fused-ring (bicyclic) bond motifs is 5. The Balaban J connectivity index is 1.27. The first kappa shape index (κ1) is 17.4. The average Bonchev–Trinajstić information content (AvgIpc) is 3.23. The van der Waals surface area contributed by atoms with E-state index in [0.717, 1.165) is 31.4 Å². The minimum Gasteiger partial charge on any atom is -0.385 e. The van der Waals surface area contributed by atoms with Gasteiger partial charge < -0.3 is 5.11 Å². The van der Waals surface area contributed by atoms with E-state index < -0.39 is 5.60 Å². The van der Waals surface area contributed by atoms with Crippen molar-refractivity contribution in [2.75, 3.05) is 0 Å². The van der Waals surface area contributed by atoms with Crippen LogP contribution in [0, 0.1) is 0 Å². The van der Waals surface area contributed by atoms with Gasteiger partial charge in [-0.25, -0.2) is 0 Å². The first-order valence-corrected chi connectivity index (χ1v) is 10.9. The van der Waals surface area contributed by atoms with Gasteiger partial charge in [-0.15, -0.1) is 0 Å². The van der Waals surface area contributed by atoms with Gasteiger partial charge in [-0.05, 0) is 65.5 Å². The molecule has 2 saturated heterocycles. The fourth-order valence-corrected chi connectivity index (χ4v) is 6.04. The van der Waals surface area contributed by atoms with E-state index in [1.54, 1.807) is 0 Å². The van der Waals surface area contributed by atoms with Gasteiger partial charge in [0.15, 0.2) is 0 Å². The molecule has 0 amide bonds. The number of rotatable bonds is 3. The van der Waals surface area contributed by atoms with Gasteiger partial charge in [-0.1, -0.05) is 72.8 Å². The maximum atomic E-state index is 11.7. The molecule has 2 aliphatic heterocycles. The van der Waals surface area contributed by atoms with E-state index in [1.165, 1.54) is 40.7 Å². The molecule has 0 spiro atoms. The van der Waals surface area contributed by atoms with Gasteiger partial charge in [-0.2, -0.15) is 0 Å². The maximum Gasteiger partial charge on any atom is 0.0926 e. The molecule has 1 aliphatic carbocycles. The summed E-state index contributed by atoms with van der Waals surface area (Å²) in [5, 5.41) is 11.7. The van der Waals surface area contributed by atoms with Gasteiger partial charge in [0, 0.05) is 18.6 Å². The van der Waals surface area contributed by atoms with E-state index in [4.69, 9.17) is 0 Å². The van der Waals surface area contributed by atoms with Gasteiger partial charge in [0.05, 0.1) is 5.60 Å². The van der Waals surface area contributed by atoms with Crippen molar-refractivity contribution in [3.8, 4) is 11.1 Å². The van der Waals surface area contributed by atoms with Crippen molar-refractivity contribution in [1.82, 2.24) is 4.90 Å². The smallest absolute Gasteiger partial charge is 0.0926 e. The Labute approximate surface area is 172 Å². The minimum atomic E-state index is -0.692. The van der Waals surface area contributed by atoms with Gasteiger partial charge in [0.1, 0.15) is 0 Å². The minimum absolute atomic E-state index is 0.476. The van der Waals surface area contributed by atoms with Crippen LogP contribution in [0.4, 0.5) is 0 Å². The predicted octanol–water partition coefficient (Wildman–Crippen LogP) is 5.27. The van der Waals surface area contributed by atoms with E-state index >= 15 is 0 Å². The lowest BCUT2D eigenvalue weighted by Crippen LogP contribution is -2.49. The largest absolute Gasteiger partial charge is 0.385 e. The third kappa shape index (κ3) is 2.86. The van der Waals surface area contributed by atoms with Crippen LogP contribution in [0.1, 0.15) is 47.9 Å². The van der Waals surface area contributed by atoms with Crippen LogP contribution in [0.3, 0.4) is 0 Å². The summed E-state index contributed by atoms with van der Waals surface area (Å²) in [7, 11) is 0. The lowest BCUT2D eigenvalue weighted by atomic mass is 9.79. The summed E-state index contributed by atoms with van der Waals surface area (Å²) in [4.78, 5) is 2.65. The van der Waals surface area contributed by atoms with Crippen molar-refractivity contribution in [1.29, 1.82) is 0 Å². The van der Waals surface area contributed by atoms with Gasteiger partial charge in [-0.3, -0.25) is 4.90 Å². The molecule has 2 unspecified atom stereocenters. The molecular weight excluding hydrogens is 354 g/mol. The standard InChI is InChI=1S/C27H27NO/c29-27(22-10-13-26-21(15-22)14-20-8-4-5-9-25(20)26)16-23-11-12-24(17-27)28(23)18-19-6-2-1-3-7-19/h1-10,13,15,23-24,29H,11-12,14,16-18H2. The molecule has 2 heteroatoms. The number of nitrogens with zero attached hydrogens (tertiary/aromatic N) is 1. The van der Waals surface area contributed by atoms with Crippen LogP contribution >= 0.6 is 0 Å². The molecule has 3 aliphatic rings. The van der Waals surface area contributed by atoms with Crippen LogP contribution in [0.25, 0.3) is 11.1 Å². The van der Waals surface area contributed by atoms with Crippen LogP contribution in [0.15, 0.2) is 72.8 Å². The third-order valence-corrected chi connectivity index (χ3v) is 7.46. The molecule has 2 bridgehead atoms. The lowest BCUT2D eigenvalue weighted by molar-refractivity contribution is -0.0595. The zero-order valence-corrected chi connectivity index (χ0v) is 16.7. The number of hydrogen-bond donors (Lipinski definition) is 1. The highest BCUT2D eigenvalue weighted by molar-refractivity contribution is 5.77. The zero-order chi connectivity index (χ0) is 19.4. The number of benzene rings is 3. The molecule has 2 atom stereocenters. The summed E-state index contributed by atoms with van der Waals surface area (Å²) < 4.78 is 0. The second kappa shape index (κ2) is 6.55. The quantitative estimate of drug-likeness (QED) is 0.522. The molecule has 3 aromatic carbocycles. The highest BCUT2D eigenvalue weighted by Crippen LogP contribution is 2.47. The van der Waals surface area contributed by atoms with Crippen LogP contribution in [0.2, 0.25) is 0 Å². The molecular formula is C27H27NO. The molecule has 29 heavy (non-hydrogen) atoms. The fourth-order valence-electron chi connectivity index (χ4n) is 6.04. The molecule has 2 heterocycles.